The zero-order chi connectivity index (χ0) is 16.2. The monoisotopic (exact) mass is 304 g/mol. The molecule has 0 spiro atoms. The number of hydrogen-bond donors (Lipinski definition) is 1. The fraction of sp³-hybridized carbons (Fsp3) is 0.0556. The Hall–Kier alpha value is -3.26. The van der Waals surface area contributed by atoms with Crippen molar-refractivity contribution in [1.29, 1.82) is 0 Å². The lowest BCUT2D eigenvalue weighted by Gasteiger charge is -2.08. The van der Waals surface area contributed by atoms with Crippen LogP contribution < -0.4 is 5.73 Å². The molecule has 0 aliphatic heterocycles. The van der Waals surface area contributed by atoms with Crippen molar-refractivity contribution in [2.75, 3.05) is 5.73 Å². The third-order valence-corrected chi connectivity index (χ3v) is 3.20. The van der Waals surface area contributed by atoms with Crippen molar-refractivity contribution >= 4 is 5.95 Å². The molecule has 0 fully saturated rings. The second-order valence-corrected chi connectivity index (χ2v) is 4.89. The van der Waals surface area contributed by atoms with Crippen LogP contribution in [0.2, 0.25) is 0 Å². The molecule has 0 aliphatic rings. The van der Waals surface area contributed by atoms with Crippen LogP contribution in [0, 0.1) is 24.6 Å². The van der Waals surface area contributed by atoms with Gasteiger partial charge in [-0.25, -0.2) is 14.4 Å². The van der Waals surface area contributed by atoms with Crippen LogP contribution in [-0.4, -0.2) is 15.0 Å². The number of nitrogens with zero attached hydrogens (tertiary/aromatic N) is 3. The molecule has 112 valence electrons. The van der Waals surface area contributed by atoms with Crippen molar-refractivity contribution in [2.24, 2.45) is 0 Å². The molecule has 3 aromatic rings. The molecule has 0 radical (unpaired) electrons. The van der Waals surface area contributed by atoms with Gasteiger partial charge in [-0.2, -0.15) is 0 Å². The van der Waals surface area contributed by atoms with E-state index in [1.165, 1.54) is 12.1 Å². The van der Waals surface area contributed by atoms with Crippen LogP contribution in [0.1, 0.15) is 16.8 Å². The molecule has 23 heavy (non-hydrogen) atoms. The standard InChI is InChI=1S/C18H13FN4/c1-12-16(8-7-13-4-3-9-21-11-13)17(23-18(20)22-12)14-5-2-6-15(19)10-14/h2-6,9-11H,1H3,(H2,20,22,23). The number of aromatic nitrogens is 3. The van der Waals surface area contributed by atoms with Crippen molar-refractivity contribution in [3.63, 3.8) is 0 Å². The third-order valence-electron chi connectivity index (χ3n) is 3.20. The Morgan fingerprint density at radius 2 is 1.96 bits per heavy atom. The Morgan fingerprint density at radius 1 is 1.09 bits per heavy atom. The molecule has 2 heterocycles. The maximum Gasteiger partial charge on any atom is 0.220 e. The molecule has 0 saturated carbocycles. The highest BCUT2D eigenvalue weighted by molar-refractivity contribution is 5.69. The van der Waals surface area contributed by atoms with Crippen LogP contribution in [0.3, 0.4) is 0 Å². The first-order valence-corrected chi connectivity index (χ1v) is 6.95. The summed E-state index contributed by atoms with van der Waals surface area (Å²) in [4.78, 5) is 12.4. The predicted molar refractivity (Wildman–Crippen MR) is 86.8 cm³/mol. The van der Waals surface area contributed by atoms with Gasteiger partial charge in [0.2, 0.25) is 5.95 Å². The Labute approximate surface area is 133 Å². The molecule has 2 N–H and O–H groups in total. The quantitative estimate of drug-likeness (QED) is 0.702. The van der Waals surface area contributed by atoms with Gasteiger partial charge < -0.3 is 5.73 Å². The van der Waals surface area contributed by atoms with Gasteiger partial charge >= 0.3 is 0 Å². The fourth-order valence-corrected chi connectivity index (χ4v) is 2.16. The second kappa shape index (κ2) is 6.24. The van der Waals surface area contributed by atoms with Crippen molar-refractivity contribution in [1.82, 2.24) is 15.0 Å². The first-order chi connectivity index (χ1) is 11.1. The Morgan fingerprint density at radius 3 is 2.70 bits per heavy atom. The van der Waals surface area contributed by atoms with Crippen molar-refractivity contribution in [3.8, 4) is 23.1 Å². The molecule has 2 aromatic heterocycles. The SMILES string of the molecule is Cc1nc(N)nc(-c2cccc(F)c2)c1C#Cc1cccnc1. The Bertz CT molecular complexity index is 911. The lowest BCUT2D eigenvalue weighted by Crippen LogP contribution is -2.03. The number of aryl methyl sites for hydroxylation is 1. The lowest BCUT2D eigenvalue weighted by molar-refractivity contribution is 0.628. The molecular weight excluding hydrogens is 291 g/mol. The van der Waals surface area contributed by atoms with Gasteiger partial charge in [-0.1, -0.05) is 24.0 Å². The predicted octanol–water partition coefficient (Wildman–Crippen LogP) is 2.97. The lowest BCUT2D eigenvalue weighted by atomic mass is 10.0. The van der Waals surface area contributed by atoms with Crippen LogP contribution in [0.4, 0.5) is 10.3 Å². The van der Waals surface area contributed by atoms with Gasteiger partial charge in [0.1, 0.15) is 5.82 Å². The van der Waals surface area contributed by atoms with Crippen LogP contribution in [0.25, 0.3) is 11.3 Å². The Balaban J connectivity index is 2.15. The van der Waals surface area contributed by atoms with E-state index in [-0.39, 0.29) is 11.8 Å². The van der Waals surface area contributed by atoms with Gasteiger partial charge in [-0.15, -0.1) is 0 Å². The second-order valence-electron chi connectivity index (χ2n) is 4.89. The number of rotatable bonds is 1. The van der Waals surface area contributed by atoms with Crippen LogP contribution in [0.5, 0.6) is 0 Å². The van der Waals surface area contributed by atoms with E-state index in [0.29, 0.717) is 22.5 Å². The highest BCUT2D eigenvalue weighted by atomic mass is 19.1. The number of nitrogens with two attached hydrogens (primary N) is 1. The minimum absolute atomic E-state index is 0.133. The average Bonchev–Trinajstić information content (AvgIpc) is 2.54. The maximum atomic E-state index is 13.5. The number of hydrogen-bond acceptors (Lipinski definition) is 4. The molecular formula is C18H13FN4. The third kappa shape index (κ3) is 3.33. The van der Waals surface area contributed by atoms with E-state index in [0.717, 1.165) is 5.56 Å². The van der Waals surface area contributed by atoms with E-state index in [2.05, 4.69) is 26.8 Å². The molecule has 0 unspecified atom stereocenters. The zero-order valence-electron chi connectivity index (χ0n) is 12.4. The molecule has 0 bridgehead atoms. The minimum Gasteiger partial charge on any atom is -0.368 e. The van der Waals surface area contributed by atoms with E-state index >= 15 is 0 Å². The van der Waals surface area contributed by atoms with E-state index < -0.39 is 0 Å². The largest absolute Gasteiger partial charge is 0.368 e. The number of pyridine rings is 1. The van der Waals surface area contributed by atoms with Crippen molar-refractivity contribution < 1.29 is 4.39 Å². The first kappa shape index (κ1) is 14.7. The molecule has 0 amide bonds. The smallest absolute Gasteiger partial charge is 0.220 e. The van der Waals surface area contributed by atoms with E-state index in [4.69, 9.17) is 5.73 Å². The van der Waals surface area contributed by atoms with E-state index in [1.807, 2.05) is 12.1 Å². The molecule has 0 saturated heterocycles. The van der Waals surface area contributed by atoms with Crippen molar-refractivity contribution in [3.05, 3.63) is 71.4 Å². The summed E-state index contributed by atoms with van der Waals surface area (Å²) in [5.41, 5.74) is 8.90. The average molecular weight is 304 g/mol. The summed E-state index contributed by atoms with van der Waals surface area (Å²) in [5.74, 6) is 5.86. The van der Waals surface area contributed by atoms with E-state index in [9.17, 15) is 4.39 Å². The summed E-state index contributed by atoms with van der Waals surface area (Å²) in [6.07, 6.45) is 3.35. The van der Waals surface area contributed by atoms with Gasteiger partial charge in [0, 0.05) is 23.5 Å². The minimum atomic E-state index is -0.344. The summed E-state index contributed by atoms with van der Waals surface area (Å²) >= 11 is 0. The normalized spacial score (nSPS) is 10.0. The van der Waals surface area contributed by atoms with Gasteiger partial charge in [-0.3, -0.25) is 4.98 Å². The number of nitrogen functional groups attached to an aromatic ring is 1. The molecule has 0 atom stereocenters. The summed E-state index contributed by atoms with van der Waals surface area (Å²) in [7, 11) is 0. The van der Waals surface area contributed by atoms with Crippen LogP contribution in [-0.2, 0) is 0 Å². The number of benzene rings is 1. The Kier molecular flexibility index (Phi) is 3.98. The highest BCUT2D eigenvalue weighted by Gasteiger charge is 2.11. The topological polar surface area (TPSA) is 64.7 Å². The molecule has 5 heteroatoms. The van der Waals surface area contributed by atoms with Crippen molar-refractivity contribution in [2.45, 2.75) is 6.92 Å². The number of anilines is 1. The molecule has 1 aromatic carbocycles. The summed E-state index contributed by atoms with van der Waals surface area (Å²) in [6, 6.07) is 9.83. The summed E-state index contributed by atoms with van der Waals surface area (Å²) in [5, 5.41) is 0. The van der Waals surface area contributed by atoms with Gasteiger partial charge in [0.15, 0.2) is 0 Å². The van der Waals surface area contributed by atoms with E-state index in [1.54, 1.807) is 31.5 Å². The van der Waals surface area contributed by atoms with Gasteiger partial charge in [0.05, 0.1) is 17.0 Å². The zero-order valence-corrected chi connectivity index (χ0v) is 12.4. The molecule has 3 rings (SSSR count). The van der Waals surface area contributed by atoms with Crippen LogP contribution >= 0.6 is 0 Å². The first-order valence-electron chi connectivity index (χ1n) is 6.95. The van der Waals surface area contributed by atoms with Gasteiger partial charge in [0.25, 0.3) is 0 Å². The molecule has 0 aliphatic carbocycles. The molecule has 4 nitrogen and oxygen atoms in total. The van der Waals surface area contributed by atoms with Gasteiger partial charge in [-0.05, 0) is 31.2 Å². The summed E-state index contributed by atoms with van der Waals surface area (Å²) in [6.45, 7) is 1.80. The summed E-state index contributed by atoms with van der Waals surface area (Å²) < 4.78 is 13.5. The van der Waals surface area contributed by atoms with Crippen LogP contribution in [0.15, 0.2) is 48.8 Å². The highest BCUT2D eigenvalue weighted by Crippen LogP contribution is 2.24. The maximum absolute atomic E-state index is 13.5. The fourth-order valence-electron chi connectivity index (χ4n) is 2.16. The number of halogens is 1.